The van der Waals surface area contributed by atoms with E-state index in [4.69, 9.17) is 0 Å². The van der Waals surface area contributed by atoms with Gasteiger partial charge in [0.1, 0.15) is 16.3 Å². The van der Waals surface area contributed by atoms with Crippen molar-refractivity contribution in [3.63, 3.8) is 0 Å². The number of nitro groups is 1. The molecule has 6 rings (SSSR count). The summed E-state index contributed by atoms with van der Waals surface area (Å²) in [7, 11) is -9.07. The van der Waals surface area contributed by atoms with Crippen LogP contribution in [0.2, 0.25) is 0 Å². The summed E-state index contributed by atoms with van der Waals surface area (Å²) in [6, 6.07) is 23.2. The Bertz CT molecular complexity index is 2710. The Labute approximate surface area is 315 Å². The summed E-state index contributed by atoms with van der Waals surface area (Å²) in [5.41, 5.74) is -0.796. The van der Waals surface area contributed by atoms with E-state index < -0.39 is 42.3 Å². The molecule has 0 fully saturated rings. The Kier molecular flexibility index (Phi) is 10.9. The fourth-order valence-corrected chi connectivity index (χ4v) is 6.10. The van der Waals surface area contributed by atoms with Crippen LogP contribution in [-0.2, 0) is 20.2 Å². The molecule has 0 heterocycles. The van der Waals surface area contributed by atoms with Crippen LogP contribution in [0.1, 0.15) is 0 Å². The van der Waals surface area contributed by atoms with E-state index in [0.29, 0.717) is 10.8 Å². The van der Waals surface area contributed by atoms with Gasteiger partial charge in [0.2, 0.25) is 0 Å². The van der Waals surface area contributed by atoms with Crippen molar-refractivity contribution >= 4 is 111 Å². The summed E-state index contributed by atoms with van der Waals surface area (Å²) >= 11 is 0. The zero-order valence-electron chi connectivity index (χ0n) is 26.5. The standard InChI is InChI=1S/C32H21N7O10S2.Na/c40-31-27(36-33-19-8-10-20(11-9-19)39(42)43)17-28(37-34-25-7-3-4-18-16-21(50(44,45)46)12-13-22(18)25)32(41)30(31)38-35-26-14-15-29(51(47,48)49)24-6-2-1-5-23(24)26;/h1-17,40-41H,(H,44,45,46)(H,47,48,49);. The average molecular weight is 751 g/mol. The van der Waals surface area contributed by atoms with Crippen molar-refractivity contribution in [2.24, 2.45) is 30.7 Å². The number of phenols is 2. The monoisotopic (exact) mass is 750 g/mol. The third kappa shape index (κ3) is 8.00. The summed E-state index contributed by atoms with van der Waals surface area (Å²) in [5.74, 6) is -1.41. The fourth-order valence-electron chi connectivity index (χ4n) is 4.89. The van der Waals surface area contributed by atoms with Crippen molar-refractivity contribution in [2.75, 3.05) is 0 Å². The van der Waals surface area contributed by atoms with Gasteiger partial charge in [-0.15, -0.1) is 25.6 Å². The molecule has 0 aliphatic carbocycles. The van der Waals surface area contributed by atoms with Gasteiger partial charge in [0.15, 0.2) is 17.2 Å². The number of hydrogen-bond acceptors (Lipinski definition) is 14. The van der Waals surface area contributed by atoms with Gasteiger partial charge < -0.3 is 10.2 Å². The van der Waals surface area contributed by atoms with Gasteiger partial charge in [-0.2, -0.15) is 21.9 Å². The Balaban J connectivity index is 0.00000523. The molecule has 0 saturated carbocycles. The van der Waals surface area contributed by atoms with E-state index in [1.807, 2.05) is 0 Å². The van der Waals surface area contributed by atoms with Crippen molar-refractivity contribution in [2.45, 2.75) is 9.79 Å². The predicted molar refractivity (Wildman–Crippen MR) is 189 cm³/mol. The van der Waals surface area contributed by atoms with Crippen LogP contribution in [0.4, 0.5) is 39.8 Å². The average Bonchev–Trinajstić information content (AvgIpc) is 3.09. The molecular weight excluding hydrogens is 730 g/mol. The first-order valence-corrected chi connectivity index (χ1v) is 17.2. The van der Waals surface area contributed by atoms with E-state index in [1.165, 1.54) is 60.7 Å². The molecule has 6 aromatic carbocycles. The molecule has 0 aliphatic rings. The van der Waals surface area contributed by atoms with Crippen molar-refractivity contribution in [1.29, 1.82) is 0 Å². The van der Waals surface area contributed by atoms with Crippen LogP contribution in [-0.4, -0.2) is 70.6 Å². The first kappa shape index (κ1) is 37.7. The molecule has 0 amide bonds. The van der Waals surface area contributed by atoms with Crippen LogP contribution >= 0.6 is 0 Å². The number of non-ortho nitro benzene ring substituents is 1. The third-order valence-corrected chi connectivity index (χ3v) is 9.09. The second-order valence-electron chi connectivity index (χ2n) is 10.6. The van der Waals surface area contributed by atoms with Gasteiger partial charge in [-0.25, -0.2) is 0 Å². The van der Waals surface area contributed by atoms with Crippen LogP contribution in [0.3, 0.4) is 0 Å². The molecule has 52 heavy (non-hydrogen) atoms. The molecule has 0 unspecified atom stereocenters. The van der Waals surface area contributed by atoms with Gasteiger partial charge in [0.25, 0.3) is 25.9 Å². The van der Waals surface area contributed by atoms with Gasteiger partial charge in [-0.05, 0) is 47.9 Å². The number of hydrogen-bond donors (Lipinski definition) is 4. The van der Waals surface area contributed by atoms with E-state index in [0.717, 1.165) is 12.1 Å². The van der Waals surface area contributed by atoms with E-state index in [-0.39, 0.29) is 84.2 Å². The van der Waals surface area contributed by atoms with Crippen molar-refractivity contribution < 1.29 is 41.1 Å². The first-order chi connectivity index (χ1) is 24.2. The number of aromatic hydroxyl groups is 2. The van der Waals surface area contributed by atoms with Gasteiger partial charge >= 0.3 is 0 Å². The smallest absolute Gasteiger partial charge is 0.295 e. The molecule has 0 spiro atoms. The number of phenolic OH excluding ortho intramolecular Hbond substituents is 2. The van der Waals surface area contributed by atoms with Crippen molar-refractivity contribution in [3.8, 4) is 11.5 Å². The molecular formula is C32H21N7NaO10S2. The zero-order valence-corrected chi connectivity index (χ0v) is 30.1. The fraction of sp³-hybridized carbons (Fsp3) is 0. The van der Waals surface area contributed by atoms with Crippen LogP contribution in [0.15, 0.2) is 144 Å². The Morgan fingerprint density at radius 1 is 0.558 bits per heavy atom. The predicted octanol–water partition coefficient (Wildman–Crippen LogP) is 8.67. The summed E-state index contributed by atoms with van der Waals surface area (Å²) < 4.78 is 66.2. The van der Waals surface area contributed by atoms with E-state index in [1.54, 1.807) is 30.3 Å². The molecule has 1 radical (unpaired) electrons. The summed E-state index contributed by atoms with van der Waals surface area (Å²) in [4.78, 5) is 9.71. The molecule has 0 bridgehead atoms. The van der Waals surface area contributed by atoms with Crippen molar-refractivity contribution in [1.82, 2.24) is 0 Å². The van der Waals surface area contributed by atoms with Crippen LogP contribution in [0, 0.1) is 10.1 Å². The number of nitrogens with zero attached hydrogens (tertiary/aromatic N) is 7. The minimum atomic E-state index is -4.59. The summed E-state index contributed by atoms with van der Waals surface area (Å²) in [5, 5.41) is 59.0. The first-order valence-electron chi connectivity index (χ1n) is 14.3. The van der Waals surface area contributed by atoms with E-state index in [2.05, 4.69) is 30.7 Å². The van der Waals surface area contributed by atoms with Crippen LogP contribution in [0.5, 0.6) is 11.5 Å². The number of rotatable bonds is 9. The number of azo groups is 3. The molecule has 0 aromatic heterocycles. The number of nitro benzene ring substituents is 1. The van der Waals surface area contributed by atoms with Gasteiger partial charge in [-0.1, -0.05) is 42.5 Å². The summed E-state index contributed by atoms with van der Waals surface area (Å²) in [6.45, 7) is 0. The topological polar surface area (TPSA) is 266 Å². The molecule has 20 heteroatoms. The normalized spacial score (nSPS) is 12.3. The molecule has 0 saturated heterocycles. The summed E-state index contributed by atoms with van der Waals surface area (Å²) in [6.07, 6.45) is 0. The minimum Gasteiger partial charge on any atom is -0.504 e. The Hall–Kier alpha value is -5.54. The molecule has 17 nitrogen and oxygen atoms in total. The SMILES string of the molecule is O=[N+]([O-])c1ccc(N=Nc2cc(N=Nc3cccc4cc(S(=O)(=O)O)ccc34)c(O)c(N=Nc3ccc(S(=O)(=O)O)c4ccccc34)c2O)cc1.[Na]. The zero-order chi connectivity index (χ0) is 36.5. The number of benzene rings is 6. The molecule has 0 atom stereocenters. The van der Waals surface area contributed by atoms with E-state index in [9.17, 15) is 46.3 Å². The van der Waals surface area contributed by atoms with Crippen LogP contribution < -0.4 is 0 Å². The van der Waals surface area contributed by atoms with Crippen LogP contribution in [0.25, 0.3) is 21.5 Å². The van der Waals surface area contributed by atoms with E-state index >= 15 is 0 Å². The van der Waals surface area contributed by atoms with Gasteiger partial charge in [0.05, 0.1) is 26.9 Å². The molecule has 4 N–H and O–H groups in total. The van der Waals surface area contributed by atoms with Gasteiger partial charge in [0, 0.05) is 63.9 Å². The number of fused-ring (bicyclic) bond motifs is 2. The second kappa shape index (κ2) is 15.0. The second-order valence-corrected chi connectivity index (χ2v) is 13.4. The third-order valence-electron chi connectivity index (χ3n) is 7.33. The molecule has 6 aromatic rings. The maximum Gasteiger partial charge on any atom is 0.295 e. The van der Waals surface area contributed by atoms with Gasteiger partial charge in [-0.3, -0.25) is 19.2 Å². The quantitative estimate of drug-likeness (QED) is 0.0359. The maximum atomic E-state index is 11.9. The Morgan fingerprint density at radius 3 is 1.79 bits per heavy atom. The van der Waals surface area contributed by atoms with Crippen molar-refractivity contribution in [3.05, 3.63) is 113 Å². The minimum absolute atomic E-state index is 0. The largest absolute Gasteiger partial charge is 0.504 e. The Morgan fingerprint density at radius 2 is 1.15 bits per heavy atom. The maximum absolute atomic E-state index is 11.9. The molecule has 257 valence electrons. The molecule has 0 aliphatic heterocycles.